The van der Waals surface area contributed by atoms with Crippen LogP contribution < -0.4 is 14.9 Å². The molecule has 0 aromatic heterocycles. The van der Waals surface area contributed by atoms with Gasteiger partial charge in [-0.3, -0.25) is 4.79 Å². The lowest BCUT2D eigenvalue weighted by molar-refractivity contribution is 0.0734. The molecule has 0 aliphatic rings. The summed E-state index contributed by atoms with van der Waals surface area (Å²) in [5, 5.41) is 4.17. The molecular weight excluding hydrogens is 507 g/mol. The third-order valence-corrected chi connectivity index (χ3v) is 5.07. The summed E-state index contributed by atoms with van der Waals surface area (Å²) in [7, 11) is 1.47. The molecule has 0 radical (unpaired) electrons. The smallest absolute Gasteiger partial charge is 0.343 e. The number of esters is 1. The molecule has 1 amide bonds. The van der Waals surface area contributed by atoms with Crippen molar-refractivity contribution in [2.75, 3.05) is 7.11 Å². The second kappa shape index (κ2) is 10.4. The van der Waals surface area contributed by atoms with E-state index >= 15 is 0 Å². The Morgan fingerprint density at radius 2 is 1.71 bits per heavy atom. The van der Waals surface area contributed by atoms with Crippen molar-refractivity contribution in [1.82, 2.24) is 5.43 Å². The van der Waals surface area contributed by atoms with Gasteiger partial charge in [0.15, 0.2) is 5.75 Å². The summed E-state index contributed by atoms with van der Waals surface area (Å²) in [6.07, 6.45) is 1.36. The van der Waals surface area contributed by atoms with E-state index in [9.17, 15) is 9.59 Å². The summed E-state index contributed by atoms with van der Waals surface area (Å²) in [6.45, 7) is 0. The van der Waals surface area contributed by atoms with Crippen LogP contribution in [0.25, 0.3) is 0 Å². The van der Waals surface area contributed by atoms with Gasteiger partial charge >= 0.3 is 5.97 Å². The Balaban J connectivity index is 1.72. The lowest BCUT2D eigenvalue weighted by Gasteiger charge is -2.09. The van der Waals surface area contributed by atoms with E-state index in [0.717, 1.165) is 4.47 Å². The van der Waals surface area contributed by atoms with E-state index in [2.05, 4.69) is 26.5 Å². The number of ether oxygens (including phenoxy) is 2. The number of benzene rings is 3. The van der Waals surface area contributed by atoms with Gasteiger partial charge in [0.25, 0.3) is 5.91 Å². The maximum atomic E-state index is 12.4. The standard InChI is InChI=1S/C22H15BrCl2N2O4/c1-30-19-8-7-15(23)11-16(19)21(28)27-26-12-13-9-17(24)20(18(25)10-13)31-22(29)14-5-3-2-4-6-14/h2-12H,1H3,(H,27,28)/b26-12-. The predicted octanol–water partition coefficient (Wildman–Crippen LogP) is 5.75. The topological polar surface area (TPSA) is 77.0 Å². The largest absolute Gasteiger partial charge is 0.496 e. The number of nitrogens with zero attached hydrogens (tertiary/aromatic N) is 1. The van der Waals surface area contributed by atoms with Crippen molar-refractivity contribution in [3.05, 3.63) is 91.9 Å². The average Bonchev–Trinajstić information content (AvgIpc) is 2.76. The number of halogens is 3. The highest BCUT2D eigenvalue weighted by Gasteiger charge is 2.15. The van der Waals surface area contributed by atoms with E-state index in [0.29, 0.717) is 22.4 Å². The zero-order valence-corrected chi connectivity index (χ0v) is 19.2. The van der Waals surface area contributed by atoms with Gasteiger partial charge in [0.2, 0.25) is 0 Å². The SMILES string of the molecule is COc1ccc(Br)cc1C(=O)N/N=C\c1cc(Cl)c(OC(=O)c2ccccc2)c(Cl)c1. The Hall–Kier alpha value is -2.87. The number of rotatable bonds is 6. The fraction of sp³-hybridized carbons (Fsp3) is 0.0455. The summed E-state index contributed by atoms with van der Waals surface area (Å²) in [4.78, 5) is 24.6. The van der Waals surface area contributed by atoms with Crippen LogP contribution in [0.4, 0.5) is 0 Å². The molecule has 0 spiro atoms. The van der Waals surface area contributed by atoms with E-state index in [1.807, 2.05) is 0 Å². The molecule has 0 saturated heterocycles. The van der Waals surface area contributed by atoms with Crippen molar-refractivity contribution in [1.29, 1.82) is 0 Å². The van der Waals surface area contributed by atoms with E-state index < -0.39 is 11.9 Å². The second-order valence-electron chi connectivity index (χ2n) is 6.11. The third-order valence-electron chi connectivity index (χ3n) is 4.01. The number of hydrogen-bond donors (Lipinski definition) is 1. The number of nitrogens with one attached hydrogen (secondary N) is 1. The minimum atomic E-state index is -0.582. The molecule has 9 heteroatoms. The third kappa shape index (κ3) is 5.85. The van der Waals surface area contributed by atoms with Gasteiger partial charge in [-0.05, 0) is 48.0 Å². The highest BCUT2D eigenvalue weighted by Crippen LogP contribution is 2.34. The Kier molecular flexibility index (Phi) is 7.68. The average molecular weight is 522 g/mol. The van der Waals surface area contributed by atoms with Crippen LogP contribution in [0.15, 0.2) is 70.2 Å². The first kappa shape index (κ1) is 22.8. The number of methoxy groups -OCH3 is 1. The highest BCUT2D eigenvalue weighted by molar-refractivity contribution is 9.10. The monoisotopic (exact) mass is 520 g/mol. The van der Waals surface area contributed by atoms with Crippen molar-refractivity contribution < 1.29 is 19.1 Å². The lowest BCUT2D eigenvalue weighted by Crippen LogP contribution is -2.18. The zero-order valence-electron chi connectivity index (χ0n) is 16.1. The van der Waals surface area contributed by atoms with E-state index in [1.54, 1.807) is 48.5 Å². The molecule has 0 fully saturated rings. The number of carbonyl (C=O) groups excluding carboxylic acids is 2. The summed E-state index contributed by atoms with van der Waals surface area (Å²) in [5.41, 5.74) is 3.59. The second-order valence-corrected chi connectivity index (χ2v) is 7.84. The number of hydrazone groups is 1. The van der Waals surface area contributed by atoms with Crippen LogP contribution in [-0.4, -0.2) is 25.2 Å². The van der Waals surface area contributed by atoms with Crippen molar-refractivity contribution in [2.45, 2.75) is 0 Å². The summed E-state index contributed by atoms with van der Waals surface area (Å²) >= 11 is 15.8. The van der Waals surface area contributed by atoms with Crippen LogP contribution in [0, 0.1) is 0 Å². The van der Waals surface area contributed by atoms with Crippen molar-refractivity contribution in [2.24, 2.45) is 5.10 Å². The molecule has 3 aromatic rings. The van der Waals surface area contributed by atoms with Gasteiger partial charge in [-0.15, -0.1) is 0 Å². The normalized spacial score (nSPS) is 10.7. The summed E-state index contributed by atoms with van der Waals surface area (Å²) in [6, 6.07) is 16.5. The minimum Gasteiger partial charge on any atom is -0.496 e. The van der Waals surface area contributed by atoms with Crippen LogP contribution >= 0.6 is 39.1 Å². The molecule has 0 heterocycles. The van der Waals surface area contributed by atoms with Gasteiger partial charge in [0, 0.05) is 4.47 Å². The molecule has 0 saturated carbocycles. The summed E-state index contributed by atoms with van der Waals surface area (Å²) in [5.74, 6) is -0.593. The first-order valence-electron chi connectivity index (χ1n) is 8.82. The number of hydrogen-bond acceptors (Lipinski definition) is 5. The van der Waals surface area contributed by atoms with Gasteiger partial charge in [0.05, 0.1) is 34.5 Å². The van der Waals surface area contributed by atoms with Gasteiger partial charge < -0.3 is 9.47 Å². The van der Waals surface area contributed by atoms with Crippen LogP contribution in [0.1, 0.15) is 26.3 Å². The molecule has 0 unspecified atom stereocenters. The Labute approximate surface area is 196 Å². The molecule has 0 aliphatic carbocycles. The molecule has 158 valence electrons. The number of amides is 1. The van der Waals surface area contributed by atoms with Gasteiger partial charge in [-0.25, -0.2) is 10.2 Å². The Morgan fingerprint density at radius 3 is 2.35 bits per heavy atom. The van der Waals surface area contributed by atoms with Crippen molar-refractivity contribution in [3.63, 3.8) is 0 Å². The summed E-state index contributed by atoms with van der Waals surface area (Å²) < 4.78 is 11.2. The first-order valence-corrected chi connectivity index (χ1v) is 10.4. The van der Waals surface area contributed by atoms with Gasteiger partial charge in [0.1, 0.15) is 5.75 Å². The van der Waals surface area contributed by atoms with Crippen molar-refractivity contribution in [3.8, 4) is 11.5 Å². The molecular formula is C22H15BrCl2N2O4. The van der Waals surface area contributed by atoms with Crippen LogP contribution in [0.3, 0.4) is 0 Å². The minimum absolute atomic E-state index is 0.0391. The molecule has 1 N–H and O–H groups in total. The maximum Gasteiger partial charge on any atom is 0.343 e. The van der Waals surface area contributed by atoms with Crippen molar-refractivity contribution >= 4 is 57.2 Å². The van der Waals surface area contributed by atoms with E-state index in [1.165, 1.54) is 25.5 Å². The maximum absolute atomic E-state index is 12.4. The molecule has 0 bridgehead atoms. The molecule has 6 nitrogen and oxygen atoms in total. The predicted molar refractivity (Wildman–Crippen MR) is 124 cm³/mol. The first-order chi connectivity index (χ1) is 14.9. The molecule has 3 rings (SSSR count). The Bertz CT molecular complexity index is 1130. The number of carbonyl (C=O) groups is 2. The molecule has 3 aromatic carbocycles. The van der Waals surface area contributed by atoms with E-state index in [4.69, 9.17) is 32.7 Å². The lowest BCUT2D eigenvalue weighted by atomic mass is 10.2. The molecule has 0 atom stereocenters. The highest BCUT2D eigenvalue weighted by atomic mass is 79.9. The van der Waals surface area contributed by atoms with Crippen LogP contribution in [0.2, 0.25) is 10.0 Å². The van der Waals surface area contributed by atoms with E-state index in [-0.39, 0.29) is 15.8 Å². The Morgan fingerprint density at radius 1 is 1.03 bits per heavy atom. The zero-order chi connectivity index (χ0) is 22.4. The molecule has 0 aliphatic heterocycles. The fourth-order valence-electron chi connectivity index (χ4n) is 2.56. The molecule has 31 heavy (non-hydrogen) atoms. The fourth-order valence-corrected chi connectivity index (χ4v) is 3.50. The van der Waals surface area contributed by atoms with Gasteiger partial charge in [-0.2, -0.15) is 5.10 Å². The van der Waals surface area contributed by atoms with Gasteiger partial charge in [-0.1, -0.05) is 57.3 Å². The van der Waals surface area contributed by atoms with Crippen LogP contribution in [-0.2, 0) is 0 Å². The van der Waals surface area contributed by atoms with Crippen LogP contribution in [0.5, 0.6) is 11.5 Å². The quantitative estimate of drug-likeness (QED) is 0.194.